The zero-order valence-corrected chi connectivity index (χ0v) is 10.7. The summed E-state index contributed by atoms with van der Waals surface area (Å²) in [6.07, 6.45) is 1.22. The molecule has 2 aromatic heterocycles. The third-order valence-electron chi connectivity index (χ3n) is 1.82. The first kappa shape index (κ1) is 10.8. The molecule has 2 heterocycles. The van der Waals surface area contributed by atoms with Crippen LogP contribution in [0.15, 0.2) is 21.7 Å². The van der Waals surface area contributed by atoms with Crippen molar-refractivity contribution in [1.82, 2.24) is 4.98 Å². The summed E-state index contributed by atoms with van der Waals surface area (Å²) in [5.41, 5.74) is 0.859. The molecule has 0 aliphatic carbocycles. The molecule has 0 aliphatic rings. The summed E-state index contributed by atoms with van der Waals surface area (Å²) in [4.78, 5) is 5.21. The minimum Gasteiger partial charge on any atom is -0.241 e. The highest BCUT2D eigenvalue weighted by atomic mass is 32.2. The van der Waals surface area contributed by atoms with Crippen LogP contribution in [0.2, 0.25) is 0 Å². The fraction of sp³-hybridized carbons (Fsp3) is 0.222. The van der Waals surface area contributed by atoms with E-state index >= 15 is 0 Å². The fourth-order valence-electron chi connectivity index (χ4n) is 1.13. The molecule has 0 unspecified atom stereocenters. The molecule has 0 spiro atoms. The maximum atomic E-state index is 11.3. The van der Waals surface area contributed by atoms with Crippen molar-refractivity contribution in [1.29, 1.82) is 0 Å². The van der Waals surface area contributed by atoms with E-state index in [-0.39, 0.29) is 0 Å². The second kappa shape index (κ2) is 3.70. The number of aromatic nitrogens is 1. The van der Waals surface area contributed by atoms with Gasteiger partial charge in [0.05, 0.1) is 15.6 Å². The van der Waals surface area contributed by atoms with E-state index in [9.17, 15) is 8.42 Å². The molecule has 0 saturated heterocycles. The van der Waals surface area contributed by atoms with Crippen LogP contribution < -0.4 is 0 Å². The summed E-state index contributed by atoms with van der Waals surface area (Å²) < 4.78 is 22.9. The lowest BCUT2D eigenvalue weighted by Gasteiger charge is -1.89. The lowest BCUT2D eigenvalue weighted by Crippen LogP contribution is -1.91. The van der Waals surface area contributed by atoms with Gasteiger partial charge in [-0.15, -0.1) is 22.7 Å². The molecule has 0 radical (unpaired) electrons. The van der Waals surface area contributed by atoms with Crippen LogP contribution in [0.25, 0.3) is 10.6 Å². The molecule has 3 nitrogen and oxygen atoms in total. The van der Waals surface area contributed by atoms with E-state index in [0.29, 0.717) is 4.21 Å². The maximum absolute atomic E-state index is 11.3. The third-order valence-corrected chi connectivity index (χ3v) is 5.52. The molecule has 0 aliphatic heterocycles. The molecule has 6 heteroatoms. The van der Waals surface area contributed by atoms with E-state index in [1.807, 2.05) is 12.3 Å². The summed E-state index contributed by atoms with van der Waals surface area (Å²) >= 11 is 2.82. The van der Waals surface area contributed by atoms with Gasteiger partial charge < -0.3 is 0 Å². The van der Waals surface area contributed by atoms with Gasteiger partial charge in [0.25, 0.3) is 0 Å². The van der Waals surface area contributed by atoms with E-state index in [0.717, 1.165) is 15.6 Å². The van der Waals surface area contributed by atoms with Crippen molar-refractivity contribution in [3.63, 3.8) is 0 Å². The van der Waals surface area contributed by atoms with Crippen LogP contribution >= 0.6 is 22.7 Å². The van der Waals surface area contributed by atoms with Crippen molar-refractivity contribution in [3.8, 4) is 10.6 Å². The minimum absolute atomic E-state index is 0.392. The molecule has 80 valence electrons. The summed E-state index contributed by atoms with van der Waals surface area (Å²) in [6.45, 7) is 1.93. The van der Waals surface area contributed by atoms with E-state index in [1.54, 1.807) is 23.5 Å². The van der Waals surface area contributed by atoms with Crippen molar-refractivity contribution in [2.24, 2.45) is 0 Å². The first-order chi connectivity index (χ1) is 6.97. The van der Waals surface area contributed by atoms with Gasteiger partial charge in [-0.2, -0.15) is 0 Å². The predicted molar refractivity (Wildman–Crippen MR) is 63.3 cm³/mol. The molecule has 0 fully saturated rings. The molecule has 0 N–H and O–H groups in total. The summed E-state index contributed by atoms with van der Waals surface area (Å²) in [6, 6.07) is 3.43. The van der Waals surface area contributed by atoms with Crippen LogP contribution in [0.1, 0.15) is 5.01 Å². The second-order valence-corrected chi connectivity index (χ2v) is 7.53. The maximum Gasteiger partial charge on any atom is 0.184 e. The van der Waals surface area contributed by atoms with E-state index in [1.165, 1.54) is 17.6 Å². The van der Waals surface area contributed by atoms with Gasteiger partial charge >= 0.3 is 0 Å². The zero-order valence-electron chi connectivity index (χ0n) is 8.22. The highest BCUT2D eigenvalue weighted by Crippen LogP contribution is 2.31. The van der Waals surface area contributed by atoms with Gasteiger partial charge in [0.1, 0.15) is 4.21 Å². The number of hydrogen-bond donors (Lipinski definition) is 0. The van der Waals surface area contributed by atoms with Crippen LogP contribution in [0.4, 0.5) is 0 Å². The average Bonchev–Trinajstić information content (AvgIpc) is 2.69. The van der Waals surface area contributed by atoms with Gasteiger partial charge in [-0.25, -0.2) is 13.4 Å². The zero-order chi connectivity index (χ0) is 11.1. The number of thiazole rings is 1. The number of thiophene rings is 1. The molecule has 0 atom stereocenters. The summed E-state index contributed by atoms with van der Waals surface area (Å²) in [7, 11) is -3.09. The number of aryl methyl sites for hydroxylation is 1. The summed E-state index contributed by atoms with van der Waals surface area (Å²) in [5.74, 6) is 0. The van der Waals surface area contributed by atoms with E-state index in [4.69, 9.17) is 0 Å². The standard InChI is InChI=1S/C9H9NO2S3/c1-6-10-7(5-13-6)8-3-4-9(14-8)15(2,11)12/h3-5H,1-2H3. The molecule has 0 amide bonds. The van der Waals surface area contributed by atoms with Gasteiger partial charge in [0, 0.05) is 11.6 Å². The van der Waals surface area contributed by atoms with Crippen molar-refractivity contribution in [2.75, 3.05) is 6.26 Å². The molecular formula is C9H9NO2S3. The SMILES string of the molecule is Cc1nc(-c2ccc(S(C)(=O)=O)s2)cs1. The van der Waals surface area contributed by atoms with Crippen LogP contribution in [0.3, 0.4) is 0 Å². The number of rotatable bonds is 2. The molecular weight excluding hydrogens is 250 g/mol. The average molecular weight is 259 g/mol. The van der Waals surface area contributed by atoms with Crippen LogP contribution in [0, 0.1) is 6.92 Å². The highest BCUT2D eigenvalue weighted by molar-refractivity contribution is 7.92. The third kappa shape index (κ3) is 2.27. The van der Waals surface area contributed by atoms with Crippen LogP contribution in [0.5, 0.6) is 0 Å². The topological polar surface area (TPSA) is 47.0 Å². The Hall–Kier alpha value is -0.720. The van der Waals surface area contributed by atoms with Gasteiger partial charge in [0.2, 0.25) is 0 Å². The van der Waals surface area contributed by atoms with Crippen molar-refractivity contribution in [3.05, 3.63) is 22.5 Å². The van der Waals surface area contributed by atoms with Gasteiger partial charge in [-0.3, -0.25) is 0 Å². The first-order valence-electron chi connectivity index (χ1n) is 4.19. The first-order valence-corrected chi connectivity index (χ1v) is 7.78. The highest BCUT2D eigenvalue weighted by Gasteiger charge is 2.12. The molecule has 0 saturated carbocycles. The Bertz CT molecular complexity index is 580. The monoisotopic (exact) mass is 259 g/mol. The Labute approximate surface area is 96.3 Å². The molecule has 0 bridgehead atoms. The molecule has 2 rings (SSSR count). The lowest BCUT2D eigenvalue weighted by molar-refractivity contribution is 0.604. The van der Waals surface area contributed by atoms with Gasteiger partial charge in [0.15, 0.2) is 9.84 Å². The number of nitrogens with zero attached hydrogens (tertiary/aromatic N) is 1. The van der Waals surface area contributed by atoms with E-state index in [2.05, 4.69) is 4.98 Å². The smallest absolute Gasteiger partial charge is 0.184 e. The van der Waals surface area contributed by atoms with E-state index < -0.39 is 9.84 Å². The van der Waals surface area contributed by atoms with Crippen molar-refractivity contribution < 1.29 is 8.42 Å². The largest absolute Gasteiger partial charge is 0.241 e. The normalized spacial score (nSPS) is 11.9. The molecule has 0 aromatic carbocycles. The van der Waals surface area contributed by atoms with Crippen LogP contribution in [-0.4, -0.2) is 19.7 Å². The second-order valence-electron chi connectivity index (χ2n) is 3.14. The Morgan fingerprint density at radius 3 is 2.53 bits per heavy atom. The predicted octanol–water partition coefficient (Wildman–Crippen LogP) is 2.58. The Morgan fingerprint density at radius 1 is 1.33 bits per heavy atom. The van der Waals surface area contributed by atoms with Crippen LogP contribution in [-0.2, 0) is 9.84 Å². The fourth-order valence-corrected chi connectivity index (χ4v) is 3.71. The lowest BCUT2D eigenvalue weighted by atomic mass is 10.4. The Balaban J connectivity index is 2.44. The Kier molecular flexibility index (Phi) is 2.66. The quantitative estimate of drug-likeness (QED) is 0.832. The molecule has 15 heavy (non-hydrogen) atoms. The minimum atomic E-state index is -3.09. The van der Waals surface area contributed by atoms with Crippen molar-refractivity contribution in [2.45, 2.75) is 11.1 Å². The van der Waals surface area contributed by atoms with Gasteiger partial charge in [-0.1, -0.05) is 0 Å². The number of sulfone groups is 1. The Morgan fingerprint density at radius 2 is 2.07 bits per heavy atom. The van der Waals surface area contributed by atoms with Gasteiger partial charge in [-0.05, 0) is 19.1 Å². The summed E-state index contributed by atoms with van der Waals surface area (Å²) in [5, 5.41) is 2.92. The van der Waals surface area contributed by atoms with Crippen molar-refractivity contribution >= 4 is 32.5 Å². The number of hydrogen-bond acceptors (Lipinski definition) is 5. The molecule has 2 aromatic rings.